The first-order chi connectivity index (χ1) is 49.3. The van der Waals surface area contributed by atoms with Crippen molar-refractivity contribution in [2.75, 3.05) is 34.3 Å². The highest BCUT2D eigenvalue weighted by Gasteiger charge is 2.45. The summed E-state index contributed by atoms with van der Waals surface area (Å²) in [5, 5.41) is 75.7. The van der Waals surface area contributed by atoms with E-state index in [0.29, 0.717) is 6.42 Å². The average Bonchev–Trinajstić information content (AvgIpc) is 0.811. The quantitative estimate of drug-likeness (QED) is 0.0132. The molecule has 106 heavy (non-hydrogen) atoms. The average molecular weight is 1510 g/mol. The zero-order valence-electron chi connectivity index (χ0n) is 63.2. The first kappa shape index (κ1) is 92.6. The number of aliphatic hydroxyl groups excluding tert-OH is 4. The minimum Gasteiger partial charge on any atom is -0.508 e. The summed E-state index contributed by atoms with van der Waals surface area (Å²) in [6.07, 6.45) is -12.4. The number of nitrogens with two attached hydrogens (primary N) is 6. The number of hydrogen-bond donors (Lipinski definition) is 19. The Morgan fingerprint density at radius 2 is 1.19 bits per heavy atom. The van der Waals surface area contributed by atoms with Crippen LogP contribution in [0.1, 0.15) is 146 Å². The first-order valence-electron chi connectivity index (χ1n) is 35.2. The van der Waals surface area contributed by atoms with Crippen LogP contribution in [-0.4, -0.2) is 249 Å². The molecule has 0 bridgehead atoms. The molecule has 1 aliphatic heterocycles. The molecule has 1 aliphatic rings. The molecule has 0 unspecified atom stereocenters. The second-order valence-corrected chi connectivity index (χ2v) is 28.0. The Morgan fingerprint density at radius 3 is 1.72 bits per heavy atom. The molecular weight excluding hydrogens is 1390 g/mol. The van der Waals surface area contributed by atoms with E-state index in [1.165, 1.54) is 66.1 Å². The van der Waals surface area contributed by atoms with Crippen molar-refractivity contribution in [2.24, 2.45) is 79.9 Å². The van der Waals surface area contributed by atoms with Crippen molar-refractivity contribution in [1.29, 1.82) is 0 Å². The van der Waals surface area contributed by atoms with Crippen LogP contribution in [-0.2, 0) is 71.8 Å². The van der Waals surface area contributed by atoms with Gasteiger partial charge in [0.15, 0.2) is 18.0 Å². The fourth-order valence-electron chi connectivity index (χ4n) is 11.7. The summed E-state index contributed by atoms with van der Waals surface area (Å²) < 4.78 is 11.7. The number of benzene rings is 1. The van der Waals surface area contributed by atoms with Crippen molar-refractivity contribution in [2.45, 2.75) is 231 Å². The van der Waals surface area contributed by atoms with E-state index in [1.807, 2.05) is 13.8 Å². The van der Waals surface area contributed by atoms with Crippen LogP contribution in [0.2, 0.25) is 0 Å². The monoisotopic (exact) mass is 1500 g/mol. The summed E-state index contributed by atoms with van der Waals surface area (Å²) in [6, 6.07) is -12.6. The molecule has 0 aliphatic carbocycles. The van der Waals surface area contributed by atoms with Gasteiger partial charge in [0.25, 0.3) is 5.91 Å². The Kier molecular flexibility index (Phi) is 38.2. The van der Waals surface area contributed by atoms with E-state index in [-0.39, 0.29) is 86.2 Å². The van der Waals surface area contributed by atoms with Crippen LogP contribution in [0.3, 0.4) is 0 Å². The minimum absolute atomic E-state index is 0.00975. The predicted octanol–water partition coefficient (Wildman–Crippen LogP) is -5.44. The Balaban J connectivity index is 3.02. The smallest absolute Gasteiger partial charge is 0.328 e. The second kappa shape index (κ2) is 43.8. The van der Waals surface area contributed by atoms with Crippen LogP contribution >= 0.6 is 0 Å². The van der Waals surface area contributed by atoms with Gasteiger partial charge in [-0.15, -0.1) is 0 Å². The van der Waals surface area contributed by atoms with E-state index >= 15 is 14.4 Å². The van der Waals surface area contributed by atoms with E-state index < -0.39 is 204 Å². The molecular formula is C68H116N18O20. The van der Waals surface area contributed by atoms with Crippen LogP contribution < -0.4 is 76.9 Å². The number of cyclic esters (lactones) is 1. The SMILES string of the molecule is CO[C@@H](c1ccc(O)cc1)[C@@H]1NC(=O)[C@H](CCC(N)=O)N(C)C(=O)[C@H](CC(C)C)NC(=O)[C@@H](CCCN=C(N)N)NC(=O)[C@H]([C@@H](C)O)NC(=O)[C@@H](NC(=O)[C@@H](NC(=O)[C@H](O)[C@H](O)[C@H](CCCN=C(N)N)NC(=O)[C@H](C)NC(=O)[C@H](C)[C@H](O)[C@@H](C)CC(C)C)[C@@H](C)[C@@H](C)C(N)=O)[C@@H](C)OC(=O)[C@H](C)N(C)C1=O. The molecule has 1 heterocycles. The lowest BCUT2D eigenvalue weighted by Gasteiger charge is -2.36. The van der Waals surface area contributed by atoms with E-state index in [1.54, 1.807) is 20.8 Å². The van der Waals surface area contributed by atoms with Gasteiger partial charge in [-0.3, -0.25) is 67.5 Å². The summed E-state index contributed by atoms with van der Waals surface area (Å²) in [7, 11) is 3.47. The van der Waals surface area contributed by atoms with E-state index in [2.05, 4.69) is 52.5 Å². The number of carbonyl (C=O) groups is 13. The van der Waals surface area contributed by atoms with Crippen LogP contribution in [0, 0.1) is 35.5 Å². The number of primary amides is 2. The van der Waals surface area contributed by atoms with Crippen molar-refractivity contribution in [3.63, 3.8) is 0 Å². The summed E-state index contributed by atoms with van der Waals surface area (Å²) >= 11 is 0. The number of phenolic OH excluding ortho intramolecular Hbond substituents is 1. The second-order valence-electron chi connectivity index (χ2n) is 28.0. The van der Waals surface area contributed by atoms with E-state index in [9.17, 15) is 73.5 Å². The fourth-order valence-corrected chi connectivity index (χ4v) is 11.7. The third-order valence-corrected chi connectivity index (χ3v) is 18.5. The number of nitrogens with one attached hydrogen (secondary N) is 8. The number of nitrogens with zero attached hydrogens (tertiary/aromatic N) is 4. The number of phenols is 1. The maximum Gasteiger partial charge on any atom is 0.328 e. The lowest BCUT2D eigenvalue weighted by molar-refractivity contribution is -0.162. The van der Waals surface area contributed by atoms with Gasteiger partial charge in [-0.05, 0) is 114 Å². The maximum atomic E-state index is 15.1. The van der Waals surface area contributed by atoms with Gasteiger partial charge < -0.3 is 122 Å². The summed E-state index contributed by atoms with van der Waals surface area (Å²) in [5.74, 6) is -19.8. The molecule has 25 N–H and O–H groups in total. The van der Waals surface area contributed by atoms with Gasteiger partial charge in [-0.25, -0.2) is 4.79 Å². The van der Waals surface area contributed by atoms with Crippen LogP contribution in [0.25, 0.3) is 0 Å². The molecule has 0 radical (unpaired) electrons. The summed E-state index contributed by atoms with van der Waals surface area (Å²) in [4.78, 5) is 196. The van der Waals surface area contributed by atoms with Crippen molar-refractivity contribution < 1.29 is 97.3 Å². The molecule has 12 amide bonds. The highest BCUT2D eigenvalue weighted by atomic mass is 16.5. The van der Waals surface area contributed by atoms with Gasteiger partial charge in [0.1, 0.15) is 78.4 Å². The van der Waals surface area contributed by atoms with Crippen molar-refractivity contribution in [3.05, 3.63) is 29.8 Å². The maximum absolute atomic E-state index is 15.1. The third kappa shape index (κ3) is 28.7. The van der Waals surface area contributed by atoms with Gasteiger partial charge in [-0.1, -0.05) is 67.5 Å². The molecule has 598 valence electrons. The molecule has 2 rings (SSSR count). The minimum atomic E-state index is -2.58. The number of amides is 12. The molecule has 0 aromatic heterocycles. The summed E-state index contributed by atoms with van der Waals surface area (Å²) in [5.41, 5.74) is 33.6. The molecule has 1 aromatic rings. The van der Waals surface area contributed by atoms with Gasteiger partial charge in [-0.2, -0.15) is 0 Å². The Hall–Kier alpha value is -9.53. The molecule has 1 aromatic carbocycles. The van der Waals surface area contributed by atoms with Crippen molar-refractivity contribution in [1.82, 2.24) is 52.3 Å². The largest absolute Gasteiger partial charge is 0.508 e. The molecule has 0 spiro atoms. The Morgan fingerprint density at radius 1 is 0.623 bits per heavy atom. The number of aliphatic hydroxyl groups is 4. The number of aromatic hydroxyl groups is 1. The van der Waals surface area contributed by atoms with Crippen LogP contribution in [0.4, 0.5) is 0 Å². The first-order valence-corrected chi connectivity index (χ1v) is 35.2. The molecule has 20 atom stereocenters. The highest BCUT2D eigenvalue weighted by Crippen LogP contribution is 2.27. The number of carbonyl (C=O) groups excluding carboxylic acids is 13. The highest BCUT2D eigenvalue weighted by molar-refractivity contribution is 5.99. The zero-order chi connectivity index (χ0) is 81.1. The predicted molar refractivity (Wildman–Crippen MR) is 386 cm³/mol. The number of aliphatic imine (C=N–C) groups is 2. The number of likely N-dealkylation sites (N-methyl/N-ethyl adjacent to an activating group) is 2. The van der Waals surface area contributed by atoms with Crippen LogP contribution in [0.15, 0.2) is 34.3 Å². The van der Waals surface area contributed by atoms with Gasteiger partial charge in [0.05, 0.1) is 24.2 Å². The molecule has 38 nitrogen and oxygen atoms in total. The van der Waals surface area contributed by atoms with E-state index in [0.717, 1.165) is 37.6 Å². The Bertz CT molecular complexity index is 3230. The van der Waals surface area contributed by atoms with Crippen molar-refractivity contribution >= 4 is 88.8 Å². The fraction of sp³-hybridized carbons (Fsp3) is 0.691. The third-order valence-electron chi connectivity index (χ3n) is 18.5. The number of hydrogen-bond acceptors (Lipinski definition) is 22. The van der Waals surface area contributed by atoms with E-state index in [4.69, 9.17) is 43.9 Å². The Labute approximate surface area is 617 Å². The molecule has 38 heteroatoms. The number of rotatable bonds is 34. The normalized spacial score (nSPS) is 23.2. The standard InChI is InChI=1S/C68H116N18O20/c1-30(2)28-32(5)51(90)35(8)56(94)77-36(9)57(95)78-42(18-16-26-75-67(71)72)52(91)53(92)63(101)81-47(33(6)34(7)55(70)93)60(98)83-49-39(12)106-66(104)37(10)85(13)65(103)50(54(105-15)40-20-22-41(88)23-21-40)84-59(97)45(24-25-46(69)89)86(14)64(102)44(29-31(3)4)80-58(96)43(19-17-27-76-68(73)74)79-61(99)48(38(11)87)82-62(49)100/h20-23,30-39,42-45,47-54,87-88,90-92H,16-19,24-29H2,1-15H3,(H2,69,89)(H2,70,93)(H,77,94)(H,78,95)(H,79,99)(H,80,96)(H,81,101)(H,82,100)(H,83,98)(H,84,97)(H4,71,72,75)(H4,73,74,76)/t32-,33-,34+,35+,36-,37-,38+,39+,42-,43+,44-,45-,47-,48-,49-,50-,51+,52+,53+,54-/m0/s1. The number of ether oxygens (including phenoxy) is 2. The van der Waals surface area contributed by atoms with Crippen molar-refractivity contribution in [3.8, 4) is 5.75 Å². The topological polar surface area (TPSA) is 625 Å². The molecule has 1 fully saturated rings. The molecule has 1 saturated heterocycles. The number of methoxy groups -OCH3 is 1. The zero-order valence-corrected chi connectivity index (χ0v) is 63.2. The van der Waals surface area contributed by atoms with Gasteiger partial charge >= 0.3 is 5.97 Å². The van der Waals surface area contributed by atoms with Gasteiger partial charge in [0, 0.05) is 46.6 Å². The lowest BCUT2D eigenvalue weighted by atomic mass is 9.87. The summed E-state index contributed by atoms with van der Waals surface area (Å²) in [6.45, 7) is 17.4. The number of esters is 1. The van der Waals surface area contributed by atoms with Crippen LogP contribution in [0.5, 0.6) is 5.75 Å². The lowest BCUT2D eigenvalue weighted by Crippen LogP contribution is -2.65. The number of guanidine groups is 2. The molecule has 0 saturated carbocycles. The van der Waals surface area contributed by atoms with Gasteiger partial charge in [0.2, 0.25) is 65.0 Å².